The van der Waals surface area contributed by atoms with E-state index in [1.165, 1.54) is 17.6 Å². The molecule has 4 nitrogen and oxygen atoms in total. The number of anilines is 1. The molecule has 2 aromatic rings. The van der Waals surface area contributed by atoms with E-state index in [1.54, 1.807) is 12.1 Å². The lowest BCUT2D eigenvalue weighted by atomic mass is 10.0. The van der Waals surface area contributed by atoms with Crippen LogP contribution in [0.4, 0.5) is 32.0 Å². The van der Waals surface area contributed by atoms with Gasteiger partial charge in [0, 0.05) is 17.8 Å². The topological polar surface area (TPSA) is 61.4 Å². The Kier molecular flexibility index (Phi) is 6.55. The third kappa shape index (κ3) is 5.88. The van der Waals surface area contributed by atoms with Crippen molar-refractivity contribution in [2.45, 2.75) is 25.2 Å². The summed E-state index contributed by atoms with van der Waals surface area (Å²) in [6.45, 7) is 0.295. The van der Waals surface area contributed by atoms with Crippen LogP contribution in [0.1, 0.15) is 33.5 Å². The number of alkyl halides is 6. The van der Waals surface area contributed by atoms with Crippen LogP contribution < -0.4 is 10.8 Å². The van der Waals surface area contributed by atoms with Crippen LogP contribution in [0.2, 0.25) is 0 Å². The molecule has 0 spiro atoms. The Balaban J connectivity index is 1.99. The number of hydrogen-bond acceptors (Lipinski definition) is 3. The fraction of sp³-hybridized carbons (Fsp3) is 0.278. The predicted molar refractivity (Wildman–Crippen MR) is 89.0 cm³/mol. The van der Waals surface area contributed by atoms with E-state index in [0.717, 1.165) is 12.1 Å². The first-order chi connectivity index (χ1) is 13.0. The number of halogens is 6. The number of rotatable bonds is 6. The van der Waals surface area contributed by atoms with Crippen molar-refractivity contribution in [1.29, 1.82) is 0 Å². The number of nitrogens with one attached hydrogen (secondary N) is 2. The summed E-state index contributed by atoms with van der Waals surface area (Å²) in [6.07, 6.45) is -9.42. The second-order valence-corrected chi connectivity index (χ2v) is 5.96. The highest BCUT2D eigenvalue weighted by Gasteiger charge is 2.36. The lowest BCUT2D eigenvalue weighted by molar-refractivity contribution is -0.143. The molecule has 152 valence electrons. The normalized spacial score (nSPS) is 12.0. The minimum absolute atomic E-state index is 0.0189. The van der Waals surface area contributed by atoms with Crippen molar-refractivity contribution in [1.82, 2.24) is 5.48 Å². The molecule has 0 radical (unpaired) electrons. The van der Waals surface area contributed by atoms with Crippen molar-refractivity contribution in [3.8, 4) is 0 Å². The first-order valence-electron chi connectivity index (χ1n) is 8.07. The van der Waals surface area contributed by atoms with Gasteiger partial charge in [-0.3, -0.25) is 10.0 Å². The molecule has 0 aliphatic carbocycles. The van der Waals surface area contributed by atoms with Crippen molar-refractivity contribution in [3.63, 3.8) is 0 Å². The average molecular weight is 406 g/mol. The summed E-state index contributed by atoms with van der Waals surface area (Å²) in [5.74, 6) is -0.684. The van der Waals surface area contributed by atoms with Crippen LogP contribution in [0.5, 0.6) is 0 Å². The Morgan fingerprint density at radius 2 is 1.43 bits per heavy atom. The Hall–Kier alpha value is -2.75. The fourth-order valence-corrected chi connectivity index (χ4v) is 2.49. The maximum atomic E-state index is 12.8. The van der Waals surface area contributed by atoms with E-state index in [9.17, 15) is 31.1 Å². The Bertz CT molecular complexity index is 784. The van der Waals surface area contributed by atoms with Gasteiger partial charge in [-0.2, -0.15) is 26.3 Å². The molecule has 0 unspecified atom stereocenters. The monoisotopic (exact) mass is 406 g/mol. The third-order valence-electron chi connectivity index (χ3n) is 3.87. The zero-order valence-electron chi connectivity index (χ0n) is 14.3. The van der Waals surface area contributed by atoms with Gasteiger partial charge in [0.1, 0.15) is 0 Å². The number of carbonyl (C=O) groups is 1. The van der Waals surface area contributed by atoms with Gasteiger partial charge < -0.3 is 5.32 Å². The van der Waals surface area contributed by atoms with E-state index in [4.69, 9.17) is 5.21 Å². The van der Waals surface area contributed by atoms with Crippen LogP contribution in [0.25, 0.3) is 0 Å². The summed E-state index contributed by atoms with van der Waals surface area (Å²) in [6, 6.07) is 7.53. The van der Waals surface area contributed by atoms with Crippen LogP contribution in [0, 0.1) is 0 Å². The summed E-state index contributed by atoms with van der Waals surface area (Å²) in [7, 11) is 0. The number of hydrogen-bond donors (Lipinski definition) is 3. The second kappa shape index (κ2) is 8.51. The molecule has 2 rings (SSSR count). The fourth-order valence-electron chi connectivity index (χ4n) is 2.49. The molecule has 0 saturated heterocycles. The summed E-state index contributed by atoms with van der Waals surface area (Å²) >= 11 is 0. The van der Waals surface area contributed by atoms with Gasteiger partial charge in [0.25, 0.3) is 5.91 Å². The average Bonchev–Trinajstić information content (AvgIpc) is 2.63. The molecule has 0 fully saturated rings. The molecule has 0 atom stereocenters. The molecular weight excluding hydrogens is 390 g/mol. The van der Waals surface area contributed by atoms with Crippen LogP contribution in [0.15, 0.2) is 42.5 Å². The van der Waals surface area contributed by atoms with Gasteiger partial charge in [-0.05, 0) is 60.9 Å². The highest BCUT2D eigenvalue weighted by molar-refractivity contribution is 5.93. The number of benzene rings is 2. The summed E-state index contributed by atoms with van der Waals surface area (Å²) < 4.78 is 77.0. The number of aryl methyl sites for hydroxylation is 1. The SMILES string of the molecule is O=C(NO)c1ccc(NCCCc2cc(C(F)(F)F)cc(C(F)(F)F)c2)cc1. The quantitative estimate of drug-likeness (QED) is 0.277. The van der Waals surface area contributed by atoms with Crippen LogP contribution in [-0.2, 0) is 18.8 Å². The standard InChI is InChI=1S/C18H16F6N2O2/c19-17(20,21)13-8-11(9-14(10-13)18(22,23)24)2-1-7-25-15-5-3-12(4-6-15)16(27)26-28/h3-6,8-10,25,28H,1-2,7H2,(H,26,27). The van der Waals surface area contributed by atoms with Crippen molar-refractivity contribution >= 4 is 11.6 Å². The van der Waals surface area contributed by atoms with Crippen molar-refractivity contribution < 1.29 is 36.3 Å². The molecule has 0 heterocycles. The first kappa shape index (κ1) is 21.5. The largest absolute Gasteiger partial charge is 0.416 e. The van der Waals surface area contributed by atoms with Crippen LogP contribution in [-0.4, -0.2) is 17.7 Å². The maximum Gasteiger partial charge on any atom is 0.416 e. The third-order valence-corrected chi connectivity index (χ3v) is 3.87. The Morgan fingerprint density at radius 3 is 1.89 bits per heavy atom. The number of amides is 1. The summed E-state index contributed by atoms with van der Waals surface area (Å²) in [5, 5.41) is 11.5. The predicted octanol–water partition coefficient (Wildman–Crippen LogP) is 4.89. The first-order valence-corrected chi connectivity index (χ1v) is 8.07. The second-order valence-electron chi connectivity index (χ2n) is 5.96. The Morgan fingerprint density at radius 1 is 0.893 bits per heavy atom. The highest BCUT2D eigenvalue weighted by atomic mass is 19.4. The molecule has 0 aliphatic rings. The molecule has 2 aromatic carbocycles. The van der Waals surface area contributed by atoms with Gasteiger partial charge in [0.2, 0.25) is 0 Å². The molecule has 0 saturated carbocycles. The van der Waals surface area contributed by atoms with Gasteiger partial charge in [-0.1, -0.05) is 0 Å². The molecular formula is C18H16F6N2O2. The van der Waals surface area contributed by atoms with Gasteiger partial charge >= 0.3 is 12.4 Å². The van der Waals surface area contributed by atoms with Crippen molar-refractivity contribution in [2.24, 2.45) is 0 Å². The number of hydroxylamine groups is 1. The maximum absolute atomic E-state index is 12.8. The van der Waals surface area contributed by atoms with Crippen LogP contribution >= 0.6 is 0 Å². The van der Waals surface area contributed by atoms with E-state index in [-0.39, 0.29) is 30.0 Å². The van der Waals surface area contributed by atoms with Gasteiger partial charge in [0.05, 0.1) is 11.1 Å². The smallest absolute Gasteiger partial charge is 0.385 e. The molecule has 3 N–H and O–H groups in total. The Labute approximate surface area is 156 Å². The highest BCUT2D eigenvalue weighted by Crippen LogP contribution is 2.36. The van der Waals surface area contributed by atoms with Crippen LogP contribution in [0.3, 0.4) is 0 Å². The van der Waals surface area contributed by atoms with Gasteiger partial charge in [-0.15, -0.1) is 0 Å². The molecule has 1 amide bonds. The minimum Gasteiger partial charge on any atom is -0.385 e. The van der Waals surface area contributed by atoms with Crippen molar-refractivity contribution in [3.05, 3.63) is 64.7 Å². The summed E-state index contributed by atoms with van der Waals surface area (Å²) in [4.78, 5) is 11.2. The van der Waals surface area contributed by atoms with E-state index < -0.39 is 29.4 Å². The van der Waals surface area contributed by atoms with E-state index in [0.29, 0.717) is 12.2 Å². The lowest BCUT2D eigenvalue weighted by Crippen LogP contribution is -2.18. The van der Waals surface area contributed by atoms with Gasteiger partial charge in [-0.25, -0.2) is 5.48 Å². The van der Waals surface area contributed by atoms with E-state index in [1.807, 2.05) is 0 Å². The molecule has 0 aliphatic heterocycles. The molecule has 10 heteroatoms. The molecule has 0 bridgehead atoms. The lowest BCUT2D eigenvalue weighted by Gasteiger charge is -2.14. The van der Waals surface area contributed by atoms with Crippen molar-refractivity contribution in [2.75, 3.05) is 11.9 Å². The molecule has 0 aromatic heterocycles. The summed E-state index contributed by atoms with van der Waals surface area (Å²) in [5.41, 5.74) is -0.411. The minimum atomic E-state index is -4.86. The number of carbonyl (C=O) groups excluding carboxylic acids is 1. The van der Waals surface area contributed by atoms with Gasteiger partial charge in [0.15, 0.2) is 0 Å². The zero-order valence-corrected chi connectivity index (χ0v) is 14.3. The molecule has 28 heavy (non-hydrogen) atoms. The van der Waals surface area contributed by atoms with E-state index >= 15 is 0 Å². The zero-order chi connectivity index (χ0) is 20.9. The van der Waals surface area contributed by atoms with E-state index in [2.05, 4.69) is 5.32 Å².